The fourth-order valence-corrected chi connectivity index (χ4v) is 4.85. The van der Waals surface area contributed by atoms with Crippen molar-refractivity contribution in [2.75, 3.05) is 51.6 Å². The van der Waals surface area contributed by atoms with Crippen LogP contribution in [0, 0.1) is 5.92 Å². The number of benzene rings is 1. The Kier molecular flexibility index (Phi) is 6.82. The highest BCUT2D eigenvalue weighted by Crippen LogP contribution is 2.23. The summed E-state index contributed by atoms with van der Waals surface area (Å²) in [6.07, 6.45) is 1.42. The van der Waals surface area contributed by atoms with E-state index in [2.05, 4.69) is 34.3 Å². The predicted molar refractivity (Wildman–Crippen MR) is 121 cm³/mol. The van der Waals surface area contributed by atoms with E-state index in [1.54, 1.807) is 0 Å². The number of likely N-dealkylation sites (tertiary alicyclic amines) is 1. The lowest BCUT2D eigenvalue weighted by Gasteiger charge is -2.32. The number of hydrogen-bond donors (Lipinski definition) is 1. The van der Waals surface area contributed by atoms with Crippen LogP contribution in [0.1, 0.15) is 28.1 Å². The van der Waals surface area contributed by atoms with Gasteiger partial charge in [0.05, 0.1) is 4.88 Å². The van der Waals surface area contributed by atoms with E-state index >= 15 is 0 Å². The van der Waals surface area contributed by atoms with Crippen molar-refractivity contribution in [2.45, 2.75) is 19.4 Å². The Morgan fingerprint density at radius 1 is 1.03 bits per heavy atom. The summed E-state index contributed by atoms with van der Waals surface area (Å²) in [6, 6.07) is 12.0. The molecule has 1 N–H and O–H groups in total. The normalized spacial score (nSPS) is 19.0. The van der Waals surface area contributed by atoms with Gasteiger partial charge in [-0.05, 0) is 49.0 Å². The van der Waals surface area contributed by atoms with E-state index in [1.165, 1.54) is 16.9 Å². The van der Waals surface area contributed by atoms with E-state index in [1.807, 2.05) is 34.5 Å². The Morgan fingerprint density at radius 3 is 2.50 bits per heavy atom. The van der Waals surface area contributed by atoms with Gasteiger partial charge in [-0.15, -0.1) is 11.3 Å². The van der Waals surface area contributed by atoms with Gasteiger partial charge >= 0.3 is 0 Å². The molecule has 4 rings (SSSR count). The monoisotopic (exact) mass is 426 g/mol. The molecule has 0 spiro atoms. The van der Waals surface area contributed by atoms with E-state index in [9.17, 15) is 9.59 Å². The van der Waals surface area contributed by atoms with Gasteiger partial charge in [-0.25, -0.2) is 0 Å². The molecule has 0 bridgehead atoms. The van der Waals surface area contributed by atoms with Crippen LogP contribution in [0.4, 0.5) is 5.69 Å². The van der Waals surface area contributed by atoms with Crippen molar-refractivity contribution in [3.63, 3.8) is 0 Å². The van der Waals surface area contributed by atoms with Crippen LogP contribution in [-0.2, 0) is 11.3 Å². The maximum Gasteiger partial charge on any atom is 0.263 e. The average molecular weight is 427 g/mol. The van der Waals surface area contributed by atoms with E-state index in [-0.39, 0.29) is 17.7 Å². The molecule has 0 unspecified atom stereocenters. The summed E-state index contributed by atoms with van der Waals surface area (Å²) in [7, 11) is 2.16. The minimum Gasteiger partial charge on any atom is -0.338 e. The summed E-state index contributed by atoms with van der Waals surface area (Å²) in [5.41, 5.74) is 2.09. The molecule has 2 aliphatic heterocycles. The number of nitrogens with zero attached hydrogens (tertiary/aromatic N) is 3. The minimum atomic E-state index is -0.0429. The SMILES string of the molecule is CN1CCN(Cc2cccc(NC(=O)C3CCN(C(=O)c4cccs4)CC3)c2)CC1. The molecule has 2 aromatic rings. The van der Waals surface area contributed by atoms with Gasteiger partial charge in [0, 0.05) is 57.4 Å². The maximum absolute atomic E-state index is 12.8. The first kappa shape index (κ1) is 21.0. The van der Waals surface area contributed by atoms with Crippen LogP contribution in [-0.4, -0.2) is 72.8 Å². The molecule has 0 radical (unpaired) electrons. The van der Waals surface area contributed by atoms with E-state index in [4.69, 9.17) is 0 Å². The number of anilines is 1. The second kappa shape index (κ2) is 9.73. The summed E-state index contributed by atoms with van der Waals surface area (Å²) < 4.78 is 0. The van der Waals surface area contributed by atoms with Crippen LogP contribution in [0.3, 0.4) is 0 Å². The minimum absolute atomic E-state index is 0.0429. The highest BCUT2D eigenvalue weighted by Gasteiger charge is 2.28. The van der Waals surface area contributed by atoms with Crippen molar-refractivity contribution in [2.24, 2.45) is 5.92 Å². The Balaban J connectivity index is 1.27. The largest absolute Gasteiger partial charge is 0.338 e. The van der Waals surface area contributed by atoms with Gasteiger partial charge in [0.1, 0.15) is 0 Å². The number of carbonyl (C=O) groups excluding carboxylic acids is 2. The summed E-state index contributed by atoms with van der Waals surface area (Å²) in [5.74, 6) is 0.106. The van der Waals surface area contributed by atoms with Crippen LogP contribution >= 0.6 is 11.3 Å². The number of rotatable bonds is 5. The highest BCUT2D eigenvalue weighted by atomic mass is 32.1. The second-order valence-corrected chi connectivity index (χ2v) is 9.26. The van der Waals surface area contributed by atoms with Crippen molar-refractivity contribution in [3.05, 3.63) is 52.2 Å². The number of hydrogen-bond acceptors (Lipinski definition) is 5. The molecule has 0 saturated carbocycles. The molecule has 3 heterocycles. The van der Waals surface area contributed by atoms with Gasteiger partial charge in [-0.3, -0.25) is 14.5 Å². The zero-order valence-electron chi connectivity index (χ0n) is 17.5. The van der Waals surface area contributed by atoms with E-state index in [0.717, 1.165) is 43.3 Å². The first-order chi connectivity index (χ1) is 14.6. The Hall–Kier alpha value is -2.22. The lowest BCUT2D eigenvalue weighted by atomic mass is 9.95. The van der Waals surface area contributed by atoms with Gasteiger partial charge in [0.15, 0.2) is 0 Å². The second-order valence-electron chi connectivity index (χ2n) is 8.31. The molecule has 30 heavy (non-hydrogen) atoms. The molecular formula is C23H30N4O2S. The molecule has 2 fully saturated rings. The molecule has 1 aromatic heterocycles. The number of amides is 2. The van der Waals surface area contributed by atoms with Crippen molar-refractivity contribution >= 4 is 28.8 Å². The summed E-state index contributed by atoms with van der Waals surface area (Å²) in [6.45, 7) is 6.55. The van der Waals surface area contributed by atoms with Crippen molar-refractivity contribution < 1.29 is 9.59 Å². The number of carbonyl (C=O) groups is 2. The number of piperazine rings is 1. The maximum atomic E-state index is 12.8. The predicted octanol–water partition coefficient (Wildman–Crippen LogP) is 2.99. The molecule has 6 nitrogen and oxygen atoms in total. The van der Waals surface area contributed by atoms with Crippen LogP contribution in [0.2, 0.25) is 0 Å². The van der Waals surface area contributed by atoms with Crippen molar-refractivity contribution in [1.82, 2.24) is 14.7 Å². The fraction of sp³-hybridized carbons (Fsp3) is 0.478. The molecule has 2 saturated heterocycles. The van der Waals surface area contributed by atoms with Gasteiger partial charge < -0.3 is 15.1 Å². The average Bonchev–Trinajstić information content (AvgIpc) is 3.30. The molecule has 2 aliphatic rings. The Labute approximate surface area is 182 Å². The van der Waals surface area contributed by atoms with Crippen molar-refractivity contribution in [3.8, 4) is 0 Å². The van der Waals surface area contributed by atoms with Crippen LogP contribution in [0.15, 0.2) is 41.8 Å². The number of thiophene rings is 1. The number of likely N-dealkylation sites (N-methyl/N-ethyl adjacent to an activating group) is 1. The fourth-order valence-electron chi connectivity index (χ4n) is 4.16. The van der Waals surface area contributed by atoms with Gasteiger partial charge in [-0.1, -0.05) is 18.2 Å². The van der Waals surface area contributed by atoms with Gasteiger partial charge in [0.2, 0.25) is 5.91 Å². The number of nitrogens with one attached hydrogen (secondary N) is 1. The van der Waals surface area contributed by atoms with Crippen LogP contribution in [0.25, 0.3) is 0 Å². The Morgan fingerprint density at radius 2 is 1.80 bits per heavy atom. The molecule has 0 aliphatic carbocycles. The van der Waals surface area contributed by atoms with Crippen LogP contribution in [0.5, 0.6) is 0 Å². The third kappa shape index (κ3) is 5.28. The topological polar surface area (TPSA) is 55.9 Å². The lowest BCUT2D eigenvalue weighted by Crippen LogP contribution is -2.43. The summed E-state index contributed by atoms with van der Waals surface area (Å²) >= 11 is 1.47. The number of piperidine rings is 1. The standard InChI is InChI=1S/C23H30N4O2S/c1-25-11-13-26(14-12-25)17-18-4-2-5-20(16-18)24-22(28)19-7-9-27(10-8-19)23(29)21-6-3-15-30-21/h2-6,15-16,19H,7-14,17H2,1H3,(H,24,28). The zero-order chi connectivity index (χ0) is 20.9. The summed E-state index contributed by atoms with van der Waals surface area (Å²) in [4.78, 5) is 32.7. The molecule has 7 heteroatoms. The highest BCUT2D eigenvalue weighted by molar-refractivity contribution is 7.12. The quantitative estimate of drug-likeness (QED) is 0.799. The van der Waals surface area contributed by atoms with E-state index < -0.39 is 0 Å². The first-order valence-corrected chi connectivity index (χ1v) is 11.6. The first-order valence-electron chi connectivity index (χ1n) is 10.7. The van der Waals surface area contributed by atoms with E-state index in [0.29, 0.717) is 25.9 Å². The molecule has 2 amide bonds. The smallest absolute Gasteiger partial charge is 0.263 e. The molecule has 160 valence electrons. The molecular weight excluding hydrogens is 396 g/mol. The molecule has 1 aromatic carbocycles. The lowest BCUT2D eigenvalue weighted by molar-refractivity contribution is -0.121. The van der Waals surface area contributed by atoms with Gasteiger partial charge in [0.25, 0.3) is 5.91 Å². The van der Waals surface area contributed by atoms with Gasteiger partial charge in [-0.2, -0.15) is 0 Å². The van der Waals surface area contributed by atoms with Crippen molar-refractivity contribution in [1.29, 1.82) is 0 Å². The van der Waals surface area contributed by atoms with Crippen LogP contribution < -0.4 is 5.32 Å². The summed E-state index contributed by atoms with van der Waals surface area (Å²) in [5, 5.41) is 5.02. The third-order valence-corrected chi connectivity index (χ3v) is 6.94. The Bertz CT molecular complexity index is 854. The third-order valence-electron chi connectivity index (χ3n) is 6.08. The molecule has 0 atom stereocenters. The zero-order valence-corrected chi connectivity index (χ0v) is 18.4.